The van der Waals surface area contributed by atoms with Gasteiger partial charge in [0.05, 0.1) is 19.3 Å². The molecule has 1 aromatic rings. The Balaban J connectivity index is 2.82. The van der Waals surface area contributed by atoms with Gasteiger partial charge < -0.3 is 15.2 Å². The quantitative estimate of drug-likeness (QED) is 0.599. The van der Waals surface area contributed by atoms with Crippen LogP contribution >= 0.6 is 12.2 Å². The highest BCUT2D eigenvalue weighted by Gasteiger charge is 2.12. The molecule has 4 heteroatoms. The van der Waals surface area contributed by atoms with E-state index in [9.17, 15) is 0 Å². The van der Waals surface area contributed by atoms with Crippen LogP contribution in [0.2, 0.25) is 0 Å². The van der Waals surface area contributed by atoms with Crippen molar-refractivity contribution in [1.82, 2.24) is 0 Å². The van der Waals surface area contributed by atoms with Gasteiger partial charge in [-0.25, -0.2) is 0 Å². The summed E-state index contributed by atoms with van der Waals surface area (Å²) >= 11 is 5.00. The molecule has 0 aliphatic carbocycles. The van der Waals surface area contributed by atoms with Crippen LogP contribution in [0.25, 0.3) is 0 Å². The maximum atomic E-state index is 5.73. The fourth-order valence-corrected chi connectivity index (χ4v) is 1.71. The zero-order valence-corrected chi connectivity index (χ0v) is 11.2. The predicted molar refractivity (Wildman–Crippen MR) is 73.9 cm³/mol. The maximum absolute atomic E-state index is 5.73. The van der Waals surface area contributed by atoms with Crippen molar-refractivity contribution in [2.45, 2.75) is 26.2 Å². The van der Waals surface area contributed by atoms with Crippen LogP contribution in [0.15, 0.2) is 18.2 Å². The molecule has 1 rings (SSSR count). The molecule has 94 valence electrons. The van der Waals surface area contributed by atoms with Crippen molar-refractivity contribution in [3.8, 4) is 11.5 Å². The minimum absolute atomic E-state index is 0.328. The minimum atomic E-state index is 0.328. The molecule has 0 radical (unpaired) electrons. The third-order valence-corrected chi connectivity index (χ3v) is 2.68. The normalized spacial score (nSPS) is 10.0. The predicted octanol–water partition coefficient (Wildman–Crippen LogP) is 2.90. The molecule has 0 bridgehead atoms. The lowest BCUT2D eigenvalue weighted by atomic mass is 10.2. The van der Waals surface area contributed by atoms with E-state index >= 15 is 0 Å². The molecule has 0 heterocycles. The Morgan fingerprint density at radius 1 is 1.35 bits per heavy atom. The van der Waals surface area contributed by atoms with Crippen molar-refractivity contribution < 1.29 is 9.47 Å². The summed E-state index contributed by atoms with van der Waals surface area (Å²) in [5, 5.41) is 0. The van der Waals surface area contributed by atoms with Gasteiger partial charge >= 0.3 is 0 Å². The van der Waals surface area contributed by atoms with Crippen molar-refractivity contribution in [3.63, 3.8) is 0 Å². The van der Waals surface area contributed by atoms with E-state index in [1.54, 1.807) is 7.11 Å². The van der Waals surface area contributed by atoms with Gasteiger partial charge in [0.1, 0.15) is 4.99 Å². The number of hydrogen-bond donors (Lipinski definition) is 1. The van der Waals surface area contributed by atoms with E-state index in [0.717, 1.165) is 24.8 Å². The van der Waals surface area contributed by atoms with Crippen molar-refractivity contribution in [1.29, 1.82) is 0 Å². The average Bonchev–Trinajstić information content (AvgIpc) is 2.34. The maximum Gasteiger partial charge on any atom is 0.171 e. The fourth-order valence-electron chi connectivity index (χ4n) is 1.55. The van der Waals surface area contributed by atoms with Crippen molar-refractivity contribution >= 4 is 17.2 Å². The lowest BCUT2D eigenvalue weighted by Crippen LogP contribution is -2.12. The molecule has 0 amide bonds. The smallest absolute Gasteiger partial charge is 0.171 e. The number of methoxy groups -OCH3 is 1. The van der Waals surface area contributed by atoms with E-state index < -0.39 is 0 Å². The second kappa shape index (κ2) is 7.12. The standard InChI is InChI=1S/C13H19NO2S/c1-3-4-5-9-16-12-10(13(14)17)7-6-8-11(12)15-2/h6-8H,3-5,9H2,1-2H3,(H2,14,17). The molecule has 2 N–H and O–H groups in total. The van der Waals surface area contributed by atoms with E-state index in [4.69, 9.17) is 27.4 Å². The lowest BCUT2D eigenvalue weighted by Gasteiger charge is -2.14. The summed E-state index contributed by atoms with van der Waals surface area (Å²) in [4.78, 5) is 0.328. The first-order chi connectivity index (χ1) is 8.20. The summed E-state index contributed by atoms with van der Waals surface area (Å²) in [7, 11) is 1.61. The summed E-state index contributed by atoms with van der Waals surface area (Å²) in [5.74, 6) is 1.32. The third-order valence-electron chi connectivity index (χ3n) is 2.46. The minimum Gasteiger partial charge on any atom is -0.493 e. The van der Waals surface area contributed by atoms with Crippen LogP contribution in [0, 0.1) is 0 Å². The Morgan fingerprint density at radius 3 is 2.71 bits per heavy atom. The number of unbranched alkanes of at least 4 members (excludes halogenated alkanes) is 2. The number of ether oxygens (including phenoxy) is 2. The van der Waals surface area contributed by atoms with Gasteiger partial charge in [0.25, 0.3) is 0 Å². The molecule has 0 unspecified atom stereocenters. The van der Waals surface area contributed by atoms with Gasteiger partial charge in [0.15, 0.2) is 11.5 Å². The number of thiocarbonyl (C=S) groups is 1. The SMILES string of the molecule is CCCCCOc1c(OC)cccc1C(N)=S. The lowest BCUT2D eigenvalue weighted by molar-refractivity contribution is 0.285. The Bertz CT molecular complexity index is 380. The summed E-state index contributed by atoms with van der Waals surface area (Å²) in [5.41, 5.74) is 6.40. The highest BCUT2D eigenvalue weighted by Crippen LogP contribution is 2.31. The summed E-state index contributed by atoms with van der Waals surface area (Å²) in [6, 6.07) is 5.54. The Hall–Kier alpha value is -1.29. The number of benzene rings is 1. The van der Waals surface area contributed by atoms with Gasteiger partial charge in [-0.1, -0.05) is 38.0 Å². The number of rotatable bonds is 7. The molecule has 0 aliphatic rings. The van der Waals surface area contributed by atoms with E-state index in [0.29, 0.717) is 23.1 Å². The molecule has 0 spiro atoms. The molecular weight excluding hydrogens is 234 g/mol. The van der Waals surface area contributed by atoms with Crippen LogP contribution in [0.5, 0.6) is 11.5 Å². The van der Waals surface area contributed by atoms with Gasteiger partial charge in [-0.3, -0.25) is 0 Å². The van der Waals surface area contributed by atoms with E-state index in [1.165, 1.54) is 0 Å². The highest BCUT2D eigenvalue weighted by molar-refractivity contribution is 7.80. The molecule has 17 heavy (non-hydrogen) atoms. The highest BCUT2D eigenvalue weighted by atomic mass is 32.1. The zero-order valence-electron chi connectivity index (χ0n) is 10.4. The van der Waals surface area contributed by atoms with Crippen LogP contribution in [0.1, 0.15) is 31.7 Å². The molecule has 0 fully saturated rings. The van der Waals surface area contributed by atoms with Gasteiger partial charge in [-0.05, 0) is 18.6 Å². The molecule has 0 atom stereocenters. The van der Waals surface area contributed by atoms with Crippen LogP contribution in [0.4, 0.5) is 0 Å². The molecule has 0 aliphatic heterocycles. The first-order valence-electron chi connectivity index (χ1n) is 5.80. The van der Waals surface area contributed by atoms with Crippen LogP contribution < -0.4 is 15.2 Å². The molecule has 1 aromatic carbocycles. The molecular formula is C13H19NO2S. The van der Waals surface area contributed by atoms with E-state index in [-0.39, 0.29) is 0 Å². The van der Waals surface area contributed by atoms with Gasteiger partial charge in [0.2, 0.25) is 0 Å². The topological polar surface area (TPSA) is 44.5 Å². The van der Waals surface area contributed by atoms with Gasteiger partial charge in [-0.15, -0.1) is 0 Å². The monoisotopic (exact) mass is 253 g/mol. The Labute approximate surface area is 108 Å². The molecule has 0 saturated carbocycles. The van der Waals surface area contributed by atoms with Crippen LogP contribution in [0.3, 0.4) is 0 Å². The van der Waals surface area contributed by atoms with Crippen LogP contribution in [-0.4, -0.2) is 18.7 Å². The fraction of sp³-hybridized carbons (Fsp3) is 0.462. The number of hydrogen-bond acceptors (Lipinski definition) is 3. The van der Waals surface area contributed by atoms with Crippen molar-refractivity contribution in [2.75, 3.05) is 13.7 Å². The summed E-state index contributed by atoms with van der Waals surface area (Å²) < 4.78 is 11.0. The van der Waals surface area contributed by atoms with Crippen LogP contribution in [-0.2, 0) is 0 Å². The number of para-hydroxylation sites is 1. The first kappa shape index (κ1) is 13.8. The Morgan fingerprint density at radius 2 is 2.12 bits per heavy atom. The van der Waals surface area contributed by atoms with Crippen molar-refractivity contribution in [3.05, 3.63) is 23.8 Å². The van der Waals surface area contributed by atoms with E-state index in [2.05, 4.69) is 6.92 Å². The first-order valence-corrected chi connectivity index (χ1v) is 6.21. The third kappa shape index (κ3) is 3.89. The Kier molecular flexibility index (Phi) is 5.77. The summed E-state index contributed by atoms with van der Waals surface area (Å²) in [6.07, 6.45) is 3.33. The number of nitrogens with two attached hydrogens (primary N) is 1. The largest absolute Gasteiger partial charge is 0.493 e. The van der Waals surface area contributed by atoms with Gasteiger partial charge in [0, 0.05) is 0 Å². The van der Waals surface area contributed by atoms with E-state index in [1.807, 2.05) is 18.2 Å². The van der Waals surface area contributed by atoms with Crippen molar-refractivity contribution in [2.24, 2.45) is 5.73 Å². The zero-order chi connectivity index (χ0) is 12.7. The second-order valence-corrected chi connectivity index (χ2v) is 4.20. The molecule has 0 aromatic heterocycles. The second-order valence-electron chi connectivity index (χ2n) is 3.76. The average molecular weight is 253 g/mol. The molecule has 3 nitrogen and oxygen atoms in total. The molecule has 0 saturated heterocycles. The van der Waals surface area contributed by atoms with Gasteiger partial charge in [-0.2, -0.15) is 0 Å². The summed E-state index contributed by atoms with van der Waals surface area (Å²) in [6.45, 7) is 2.81.